The summed E-state index contributed by atoms with van der Waals surface area (Å²) in [6.07, 6.45) is 3.57. The van der Waals surface area contributed by atoms with Crippen LogP contribution in [0.3, 0.4) is 0 Å². The van der Waals surface area contributed by atoms with Crippen molar-refractivity contribution in [3.05, 3.63) is 46.5 Å². The molecular weight excluding hydrogens is 282 g/mol. The lowest BCUT2D eigenvalue weighted by molar-refractivity contribution is 0.414. The maximum atomic E-state index is 5.15. The van der Waals surface area contributed by atoms with Crippen LogP contribution >= 0.6 is 15.9 Å². The Labute approximate surface area is 109 Å². The Hall–Kier alpha value is -1.33. The Morgan fingerprint density at radius 2 is 2.29 bits per heavy atom. The van der Waals surface area contributed by atoms with Crippen LogP contribution in [0, 0.1) is 0 Å². The van der Waals surface area contributed by atoms with Gasteiger partial charge in [-0.25, -0.2) is 4.98 Å². The normalized spacial score (nSPS) is 10.5. The van der Waals surface area contributed by atoms with Gasteiger partial charge in [0.1, 0.15) is 11.6 Å². The van der Waals surface area contributed by atoms with E-state index >= 15 is 0 Å². The van der Waals surface area contributed by atoms with E-state index in [0.29, 0.717) is 0 Å². The highest BCUT2D eigenvalue weighted by molar-refractivity contribution is 9.10. The number of nitrogens with one attached hydrogen (secondary N) is 2. The number of rotatable bonds is 5. The molecule has 1 aromatic heterocycles. The van der Waals surface area contributed by atoms with Crippen LogP contribution < -0.4 is 10.1 Å². The monoisotopic (exact) mass is 295 g/mol. The van der Waals surface area contributed by atoms with Crippen molar-refractivity contribution in [1.29, 1.82) is 0 Å². The predicted octanol–water partition coefficient (Wildman–Crippen LogP) is 2.47. The molecule has 0 fully saturated rings. The standard InChI is InChI=1S/C12H14BrN3O/c1-17-10-3-2-9(11(13)6-10)7-14-8-12-15-4-5-16-12/h2-6,14H,7-8H2,1H3,(H,15,16). The van der Waals surface area contributed by atoms with Crippen LogP contribution in [0.2, 0.25) is 0 Å². The lowest BCUT2D eigenvalue weighted by Crippen LogP contribution is -2.14. The molecule has 0 aliphatic rings. The number of H-pyrrole nitrogens is 1. The van der Waals surface area contributed by atoms with Gasteiger partial charge in [0.05, 0.1) is 13.7 Å². The van der Waals surface area contributed by atoms with Crippen LogP contribution in [0.1, 0.15) is 11.4 Å². The minimum atomic E-state index is 0.728. The van der Waals surface area contributed by atoms with Gasteiger partial charge in [0, 0.05) is 23.4 Å². The predicted molar refractivity (Wildman–Crippen MR) is 69.8 cm³/mol. The first-order valence-electron chi connectivity index (χ1n) is 5.31. The van der Waals surface area contributed by atoms with Crippen LogP contribution in [-0.2, 0) is 13.1 Å². The molecule has 0 bridgehead atoms. The summed E-state index contributed by atoms with van der Waals surface area (Å²) < 4.78 is 6.19. The molecule has 4 nitrogen and oxygen atoms in total. The first-order chi connectivity index (χ1) is 8.29. The number of aromatic amines is 1. The Bertz CT molecular complexity index is 471. The summed E-state index contributed by atoms with van der Waals surface area (Å²) in [5, 5.41) is 3.32. The largest absolute Gasteiger partial charge is 0.497 e. The van der Waals surface area contributed by atoms with Crippen molar-refractivity contribution < 1.29 is 4.74 Å². The fourth-order valence-corrected chi connectivity index (χ4v) is 2.01. The van der Waals surface area contributed by atoms with E-state index < -0.39 is 0 Å². The van der Waals surface area contributed by atoms with Gasteiger partial charge in [-0.15, -0.1) is 0 Å². The van der Waals surface area contributed by atoms with E-state index in [0.717, 1.165) is 29.1 Å². The summed E-state index contributed by atoms with van der Waals surface area (Å²) in [5.41, 5.74) is 1.19. The van der Waals surface area contributed by atoms with Crippen LogP contribution in [0.5, 0.6) is 5.75 Å². The average Bonchev–Trinajstić information content (AvgIpc) is 2.84. The topological polar surface area (TPSA) is 49.9 Å². The van der Waals surface area contributed by atoms with E-state index in [1.165, 1.54) is 5.56 Å². The van der Waals surface area contributed by atoms with Crippen molar-refractivity contribution in [1.82, 2.24) is 15.3 Å². The highest BCUT2D eigenvalue weighted by Crippen LogP contribution is 2.22. The third kappa shape index (κ3) is 3.31. The van der Waals surface area contributed by atoms with E-state index in [4.69, 9.17) is 4.74 Å². The fraction of sp³-hybridized carbons (Fsp3) is 0.250. The van der Waals surface area contributed by atoms with Gasteiger partial charge in [0.25, 0.3) is 0 Å². The highest BCUT2D eigenvalue weighted by atomic mass is 79.9. The molecule has 1 aromatic carbocycles. The van der Waals surface area contributed by atoms with Crippen molar-refractivity contribution in [2.45, 2.75) is 13.1 Å². The molecule has 0 unspecified atom stereocenters. The summed E-state index contributed by atoms with van der Waals surface area (Å²) in [5.74, 6) is 1.79. The molecule has 0 amide bonds. The molecule has 17 heavy (non-hydrogen) atoms. The quantitative estimate of drug-likeness (QED) is 0.891. The fourth-order valence-electron chi connectivity index (χ4n) is 1.51. The third-order valence-corrected chi connectivity index (χ3v) is 3.16. The summed E-state index contributed by atoms with van der Waals surface area (Å²) in [7, 11) is 1.66. The highest BCUT2D eigenvalue weighted by Gasteiger charge is 2.02. The van der Waals surface area contributed by atoms with E-state index in [2.05, 4.69) is 31.2 Å². The molecule has 2 N–H and O–H groups in total. The SMILES string of the molecule is COc1ccc(CNCc2ncc[nH]2)c(Br)c1. The van der Waals surface area contributed by atoms with Crippen molar-refractivity contribution in [2.75, 3.05) is 7.11 Å². The summed E-state index contributed by atoms with van der Waals surface area (Å²) in [6, 6.07) is 5.95. The minimum absolute atomic E-state index is 0.728. The number of benzene rings is 1. The number of aromatic nitrogens is 2. The van der Waals surface area contributed by atoms with E-state index in [9.17, 15) is 0 Å². The Morgan fingerprint density at radius 3 is 2.94 bits per heavy atom. The maximum Gasteiger partial charge on any atom is 0.120 e. The van der Waals surface area contributed by atoms with E-state index in [-0.39, 0.29) is 0 Å². The second-order valence-corrected chi connectivity index (χ2v) is 4.45. The molecule has 5 heteroatoms. The molecule has 0 spiro atoms. The average molecular weight is 296 g/mol. The molecule has 2 rings (SSSR count). The third-order valence-electron chi connectivity index (χ3n) is 2.42. The Kier molecular flexibility index (Phi) is 4.17. The molecule has 0 radical (unpaired) electrons. The van der Waals surface area contributed by atoms with E-state index in [1.807, 2.05) is 24.4 Å². The molecule has 0 saturated heterocycles. The second-order valence-electron chi connectivity index (χ2n) is 3.60. The van der Waals surface area contributed by atoms with Gasteiger partial charge < -0.3 is 15.0 Å². The Morgan fingerprint density at radius 1 is 1.41 bits per heavy atom. The maximum absolute atomic E-state index is 5.15. The van der Waals surface area contributed by atoms with Gasteiger partial charge in [0.15, 0.2) is 0 Å². The molecule has 0 saturated carbocycles. The van der Waals surface area contributed by atoms with Crippen molar-refractivity contribution >= 4 is 15.9 Å². The molecular formula is C12H14BrN3O. The lowest BCUT2D eigenvalue weighted by Gasteiger charge is -2.07. The summed E-state index contributed by atoms with van der Waals surface area (Å²) in [6.45, 7) is 1.51. The van der Waals surface area contributed by atoms with Gasteiger partial charge in [-0.3, -0.25) is 0 Å². The van der Waals surface area contributed by atoms with Crippen LogP contribution in [0.25, 0.3) is 0 Å². The molecule has 0 atom stereocenters. The summed E-state index contributed by atoms with van der Waals surface area (Å²) >= 11 is 3.52. The Balaban J connectivity index is 1.90. The van der Waals surface area contributed by atoms with Crippen LogP contribution in [-0.4, -0.2) is 17.1 Å². The van der Waals surface area contributed by atoms with Gasteiger partial charge in [-0.2, -0.15) is 0 Å². The zero-order valence-electron chi connectivity index (χ0n) is 9.53. The zero-order chi connectivity index (χ0) is 12.1. The number of hydrogen-bond donors (Lipinski definition) is 2. The second kappa shape index (κ2) is 5.84. The molecule has 2 aromatic rings. The number of halogens is 1. The lowest BCUT2D eigenvalue weighted by atomic mass is 10.2. The van der Waals surface area contributed by atoms with Crippen molar-refractivity contribution in [3.63, 3.8) is 0 Å². The van der Waals surface area contributed by atoms with Crippen molar-refractivity contribution in [3.8, 4) is 5.75 Å². The number of methoxy groups -OCH3 is 1. The van der Waals surface area contributed by atoms with Crippen LogP contribution in [0.4, 0.5) is 0 Å². The van der Waals surface area contributed by atoms with Gasteiger partial charge in [-0.1, -0.05) is 22.0 Å². The zero-order valence-corrected chi connectivity index (χ0v) is 11.1. The number of ether oxygens (including phenoxy) is 1. The van der Waals surface area contributed by atoms with Gasteiger partial charge in [0.2, 0.25) is 0 Å². The molecule has 0 aliphatic heterocycles. The van der Waals surface area contributed by atoms with Gasteiger partial charge in [-0.05, 0) is 17.7 Å². The minimum Gasteiger partial charge on any atom is -0.497 e. The molecule has 0 aliphatic carbocycles. The number of imidazole rings is 1. The molecule has 1 heterocycles. The van der Waals surface area contributed by atoms with Gasteiger partial charge >= 0.3 is 0 Å². The molecule has 90 valence electrons. The first kappa shape index (κ1) is 12.1. The van der Waals surface area contributed by atoms with Crippen molar-refractivity contribution in [2.24, 2.45) is 0 Å². The van der Waals surface area contributed by atoms with E-state index in [1.54, 1.807) is 13.3 Å². The number of hydrogen-bond acceptors (Lipinski definition) is 3. The summed E-state index contributed by atoms with van der Waals surface area (Å²) in [4.78, 5) is 7.20. The van der Waals surface area contributed by atoms with Crippen LogP contribution in [0.15, 0.2) is 35.1 Å². The number of nitrogens with zero attached hydrogens (tertiary/aromatic N) is 1. The first-order valence-corrected chi connectivity index (χ1v) is 6.10. The smallest absolute Gasteiger partial charge is 0.120 e.